The first-order chi connectivity index (χ1) is 12.8. The van der Waals surface area contributed by atoms with E-state index in [4.69, 9.17) is 9.47 Å². The van der Waals surface area contributed by atoms with Crippen molar-refractivity contribution in [3.05, 3.63) is 48.7 Å². The van der Waals surface area contributed by atoms with Gasteiger partial charge in [-0.1, -0.05) is 20.8 Å². The van der Waals surface area contributed by atoms with E-state index in [0.29, 0.717) is 11.4 Å². The lowest BCUT2D eigenvalue weighted by atomic mass is 9.94. The van der Waals surface area contributed by atoms with Crippen molar-refractivity contribution >= 4 is 22.5 Å². The van der Waals surface area contributed by atoms with Gasteiger partial charge in [0.25, 0.3) is 0 Å². The fourth-order valence-corrected chi connectivity index (χ4v) is 2.83. The lowest BCUT2D eigenvalue weighted by Gasteiger charge is -2.20. The van der Waals surface area contributed by atoms with Gasteiger partial charge in [0.2, 0.25) is 5.91 Å². The molecule has 0 saturated carbocycles. The summed E-state index contributed by atoms with van der Waals surface area (Å²) in [5.41, 5.74) is 2.76. The van der Waals surface area contributed by atoms with Crippen LogP contribution in [0.3, 0.4) is 0 Å². The van der Waals surface area contributed by atoms with Crippen LogP contribution in [0.25, 0.3) is 22.0 Å². The number of aromatic nitrogens is 1. The number of hydrogen-bond acceptors (Lipinski definition) is 4. The van der Waals surface area contributed by atoms with Gasteiger partial charge in [0.05, 0.1) is 19.7 Å². The minimum absolute atomic E-state index is 0.0558. The molecule has 2 aromatic carbocycles. The van der Waals surface area contributed by atoms with Crippen LogP contribution in [0.2, 0.25) is 0 Å². The van der Waals surface area contributed by atoms with Crippen LogP contribution in [0.4, 0.5) is 5.69 Å². The fourth-order valence-electron chi connectivity index (χ4n) is 2.83. The number of rotatable bonds is 4. The lowest BCUT2D eigenvalue weighted by molar-refractivity contribution is -0.123. The van der Waals surface area contributed by atoms with Gasteiger partial charge in [-0.25, -0.2) is 0 Å². The largest absolute Gasteiger partial charge is 0.497 e. The van der Waals surface area contributed by atoms with Crippen LogP contribution in [0, 0.1) is 5.41 Å². The summed E-state index contributed by atoms with van der Waals surface area (Å²) in [6.45, 7) is 5.65. The maximum Gasteiger partial charge on any atom is 0.229 e. The molecule has 1 N–H and O–H groups in total. The zero-order chi connectivity index (χ0) is 19.6. The van der Waals surface area contributed by atoms with Gasteiger partial charge in [0.15, 0.2) is 0 Å². The molecule has 0 spiro atoms. The summed E-state index contributed by atoms with van der Waals surface area (Å²) in [7, 11) is 3.26. The van der Waals surface area contributed by atoms with Crippen LogP contribution in [0.15, 0.2) is 48.7 Å². The van der Waals surface area contributed by atoms with Crippen molar-refractivity contribution in [3.63, 3.8) is 0 Å². The molecule has 0 aliphatic rings. The molecular weight excluding hydrogens is 340 g/mol. The van der Waals surface area contributed by atoms with Crippen molar-refractivity contribution in [2.24, 2.45) is 5.41 Å². The summed E-state index contributed by atoms with van der Waals surface area (Å²) < 4.78 is 10.9. The Morgan fingerprint density at radius 2 is 1.78 bits per heavy atom. The van der Waals surface area contributed by atoms with Gasteiger partial charge < -0.3 is 14.8 Å². The summed E-state index contributed by atoms with van der Waals surface area (Å²) in [6, 6.07) is 13.3. The Morgan fingerprint density at radius 1 is 1.00 bits per heavy atom. The zero-order valence-corrected chi connectivity index (χ0v) is 16.3. The number of carbonyl (C=O) groups excluding carboxylic acids is 1. The molecule has 0 saturated heterocycles. The number of ether oxygens (including phenoxy) is 2. The van der Waals surface area contributed by atoms with E-state index in [1.165, 1.54) is 0 Å². The smallest absolute Gasteiger partial charge is 0.229 e. The van der Waals surface area contributed by atoms with Crippen LogP contribution in [-0.2, 0) is 4.79 Å². The summed E-state index contributed by atoms with van der Waals surface area (Å²) in [4.78, 5) is 17.1. The van der Waals surface area contributed by atoms with Crippen molar-refractivity contribution in [1.82, 2.24) is 4.98 Å². The third kappa shape index (κ3) is 3.72. The summed E-state index contributed by atoms with van der Waals surface area (Å²) in [6.07, 6.45) is 1.75. The van der Waals surface area contributed by atoms with E-state index in [-0.39, 0.29) is 5.91 Å². The molecule has 1 aromatic heterocycles. The van der Waals surface area contributed by atoms with E-state index in [0.717, 1.165) is 27.8 Å². The molecule has 1 heterocycles. The average Bonchev–Trinajstić information content (AvgIpc) is 2.66. The van der Waals surface area contributed by atoms with Gasteiger partial charge in [-0.2, -0.15) is 0 Å². The Hall–Kier alpha value is -3.08. The Labute approximate surface area is 159 Å². The number of fused-ring (bicyclic) bond motifs is 1. The fraction of sp³-hybridized carbons (Fsp3) is 0.273. The molecule has 140 valence electrons. The highest BCUT2D eigenvalue weighted by molar-refractivity contribution is 6.04. The minimum atomic E-state index is -0.503. The lowest BCUT2D eigenvalue weighted by Crippen LogP contribution is -2.27. The van der Waals surface area contributed by atoms with Gasteiger partial charge in [-0.05, 0) is 42.5 Å². The van der Waals surface area contributed by atoms with E-state index < -0.39 is 5.41 Å². The van der Waals surface area contributed by atoms with Crippen molar-refractivity contribution in [2.45, 2.75) is 20.8 Å². The topological polar surface area (TPSA) is 60.5 Å². The molecule has 5 nitrogen and oxygen atoms in total. The SMILES string of the molecule is COc1ccc(NC(=O)C(C)(C)C)c(-c2ccc(OC)c3cccnc23)c1. The quantitative estimate of drug-likeness (QED) is 0.715. The Bertz CT molecular complexity index is 991. The average molecular weight is 364 g/mol. The summed E-state index contributed by atoms with van der Waals surface area (Å²) in [5.74, 6) is 1.41. The van der Waals surface area contributed by atoms with Gasteiger partial charge >= 0.3 is 0 Å². The number of nitrogens with one attached hydrogen (secondary N) is 1. The molecule has 1 amide bonds. The Morgan fingerprint density at radius 3 is 2.44 bits per heavy atom. The van der Waals surface area contributed by atoms with Crippen molar-refractivity contribution in [1.29, 1.82) is 0 Å². The predicted octanol–water partition coefficient (Wildman–Crippen LogP) is 4.90. The molecule has 0 aliphatic heterocycles. The van der Waals surface area contributed by atoms with Crippen molar-refractivity contribution in [2.75, 3.05) is 19.5 Å². The molecule has 5 heteroatoms. The standard InChI is InChI=1S/C22H24N2O3/c1-22(2,3)21(25)24-18-10-8-14(26-4)13-17(18)15-9-11-19(27-5)16-7-6-12-23-20(15)16/h6-13H,1-5H3,(H,24,25). The number of nitrogens with zero attached hydrogens (tertiary/aromatic N) is 1. The monoisotopic (exact) mass is 364 g/mol. The van der Waals surface area contributed by atoms with Gasteiger partial charge in [-0.15, -0.1) is 0 Å². The van der Waals surface area contributed by atoms with Crippen LogP contribution >= 0.6 is 0 Å². The van der Waals surface area contributed by atoms with Crippen molar-refractivity contribution in [3.8, 4) is 22.6 Å². The molecule has 0 fully saturated rings. The van der Waals surface area contributed by atoms with Crippen LogP contribution < -0.4 is 14.8 Å². The van der Waals surface area contributed by atoms with E-state index in [1.807, 2.05) is 63.2 Å². The first-order valence-electron chi connectivity index (χ1n) is 8.76. The number of pyridine rings is 1. The molecule has 0 bridgehead atoms. The first kappa shape index (κ1) is 18.7. The second-order valence-corrected chi connectivity index (χ2v) is 7.33. The molecule has 3 rings (SSSR count). The normalized spacial score (nSPS) is 11.3. The third-order valence-corrected chi connectivity index (χ3v) is 4.40. The van der Waals surface area contributed by atoms with E-state index in [1.54, 1.807) is 20.4 Å². The van der Waals surface area contributed by atoms with Crippen LogP contribution in [0.5, 0.6) is 11.5 Å². The number of hydrogen-bond donors (Lipinski definition) is 1. The number of benzene rings is 2. The van der Waals surface area contributed by atoms with Gasteiger partial charge in [0.1, 0.15) is 11.5 Å². The number of amides is 1. The van der Waals surface area contributed by atoms with Crippen LogP contribution in [-0.4, -0.2) is 25.1 Å². The maximum absolute atomic E-state index is 12.6. The van der Waals surface area contributed by atoms with Crippen molar-refractivity contribution < 1.29 is 14.3 Å². The third-order valence-electron chi connectivity index (χ3n) is 4.40. The Balaban J connectivity index is 2.22. The molecule has 0 aliphatic carbocycles. The molecule has 0 unspecified atom stereocenters. The second-order valence-electron chi connectivity index (χ2n) is 7.33. The molecular formula is C22H24N2O3. The number of methoxy groups -OCH3 is 2. The molecule has 0 radical (unpaired) electrons. The van der Waals surface area contributed by atoms with Gasteiger partial charge in [-0.3, -0.25) is 9.78 Å². The Kier molecular flexibility index (Phi) is 5.04. The second kappa shape index (κ2) is 7.27. The van der Waals surface area contributed by atoms with Gasteiger partial charge in [0, 0.05) is 33.8 Å². The van der Waals surface area contributed by atoms with E-state index in [9.17, 15) is 4.79 Å². The highest BCUT2D eigenvalue weighted by atomic mass is 16.5. The summed E-state index contributed by atoms with van der Waals surface area (Å²) >= 11 is 0. The molecule has 3 aromatic rings. The highest BCUT2D eigenvalue weighted by Crippen LogP contribution is 2.38. The minimum Gasteiger partial charge on any atom is -0.497 e. The van der Waals surface area contributed by atoms with E-state index in [2.05, 4.69) is 10.3 Å². The summed E-state index contributed by atoms with van der Waals surface area (Å²) in [5, 5.41) is 3.95. The zero-order valence-electron chi connectivity index (χ0n) is 16.3. The number of anilines is 1. The predicted molar refractivity (Wildman–Crippen MR) is 108 cm³/mol. The highest BCUT2D eigenvalue weighted by Gasteiger charge is 2.23. The molecule has 27 heavy (non-hydrogen) atoms. The first-order valence-corrected chi connectivity index (χ1v) is 8.76. The maximum atomic E-state index is 12.6. The van der Waals surface area contributed by atoms with E-state index >= 15 is 0 Å². The van der Waals surface area contributed by atoms with Crippen LogP contribution in [0.1, 0.15) is 20.8 Å². The number of carbonyl (C=O) groups is 1. The molecule has 0 atom stereocenters.